The predicted molar refractivity (Wildman–Crippen MR) is 68.8 cm³/mol. The maximum absolute atomic E-state index is 10.3. The standard InChI is InChI=1S/C6H5NO2.C6H8O7.HI.K.Mg.Zn/c8-6(9)5-3-1-2-4-7-5;7-3(8)1-6(13,5(11)12)2-4(9)10;;;;/h1-4H,(H,8,9);13H,1-2H2,(H,7,8)(H,9,10)(H,11,12);1H;;;/q;;;+1;+2;/p-3. The summed E-state index contributed by atoms with van der Waals surface area (Å²) < 4.78 is 0. The van der Waals surface area contributed by atoms with Gasteiger partial charge in [0.15, 0.2) is 5.60 Å². The Morgan fingerprint density at radius 2 is 1.46 bits per heavy atom. The van der Waals surface area contributed by atoms with Crippen LogP contribution in [0.4, 0.5) is 0 Å². The van der Waals surface area contributed by atoms with Gasteiger partial charge in [-0.1, -0.05) is 6.07 Å². The number of hydrogen-bond donors (Lipinski definition) is 3. The van der Waals surface area contributed by atoms with Crippen LogP contribution >= 0.6 is 0 Å². The van der Waals surface area contributed by atoms with Crippen LogP contribution in [0.1, 0.15) is 23.3 Å². The number of carbonyl (C=O) groups excluding carboxylic acids is 2. The predicted octanol–water partition coefficient (Wildman–Crippen LogP) is -9.51. The molecule has 1 aromatic rings. The third-order valence-electron chi connectivity index (χ3n) is 2.16. The zero-order valence-corrected chi connectivity index (χ0v) is 23.4. The number of carboxylic acid groups (broad SMARTS) is 4. The van der Waals surface area contributed by atoms with Gasteiger partial charge in [-0.15, -0.1) is 0 Å². The van der Waals surface area contributed by atoms with Crippen LogP contribution in [0.25, 0.3) is 0 Å². The Labute approximate surface area is 236 Å². The van der Waals surface area contributed by atoms with Crippen molar-refractivity contribution in [3.05, 3.63) is 30.1 Å². The molecule has 3 N–H and O–H groups in total. The Morgan fingerprint density at radius 3 is 1.65 bits per heavy atom. The molecule has 10 nitrogen and oxygen atoms in total. The van der Waals surface area contributed by atoms with Crippen LogP contribution in [0.15, 0.2) is 24.4 Å². The number of pyridine rings is 1. The molecule has 0 amide bonds. The van der Waals surface area contributed by atoms with Crippen LogP contribution < -0.4 is 85.6 Å². The second-order valence-corrected chi connectivity index (χ2v) is 3.95. The fraction of sp³-hybridized carbons (Fsp3) is 0.250. The Bertz CT molecular complexity index is 563. The minimum absolute atomic E-state index is 0. The van der Waals surface area contributed by atoms with Crippen molar-refractivity contribution in [3.8, 4) is 0 Å². The van der Waals surface area contributed by atoms with Crippen LogP contribution in [0.3, 0.4) is 0 Å². The maximum Gasteiger partial charge on any atom is 2.00 e. The van der Waals surface area contributed by atoms with Crippen LogP contribution in [-0.2, 0) is 33.9 Å². The topological polar surface area (TPSA) is 188 Å². The summed E-state index contributed by atoms with van der Waals surface area (Å²) in [7, 11) is 0. The molecule has 0 bridgehead atoms. The van der Waals surface area contributed by atoms with Crippen molar-refractivity contribution in [1.29, 1.82) is 0 Å². The molecule has 1 heterocycles. The minimum Gasteiger partial charge on any atom is -1.00 e. The van der Waals surface area contributed by atoms with Gasteiger partial charge in [-0.2, -0.15) is 0 Å². The van der Waals surface area contributed by atoms with Crippen molar-refractivity contribution in [2.75, 3.05) is 0 Å². The first-order valence-corrected chi connectivity index (χ1v) is 5.58. The molecular formula is C12H11IKMgNO9Zn. The summed E-state index contributed by atoms with van der Waals surface area (Å²) in [5, 5.41) is 45.5. The molecule has 0 aliphatic carbocycles. The second-order valence-electron chi connectivity index (χ2n) is 3.95. The first kappa shape index (κ1) is 37.5. The number of carboxylic acids is 4. The van der Waals surface area contributed by atoms with E-state index in [9.17, 15) is 29.4 Å². The molecule has 0 atom stereocenters. The summed E-state index contributed by atoms with van der Waals surface area (Å²) in [5.41, 5.74) is -2.78. The molecular weight excluding hydrogens is 558 g/mol. The van der Waals surface area contributed by atoms with Crippen molar-refractivity contribution >= 4 is 46.9 Å². The van der Waals surface area contributed by atoms with E-state index in [1.54, 1.807) is 12.1 Å². The molecule has 0 unspecified atom stereocenters. The van der Waals surface area contributed by atoms with Gasteiger partial charge in [-0.3, -0.25) is 0 Å². The van der Waals surface area contributed by atoms with E-state index in [0.717, 1.165) is 0 Å². The molecule has 0 radical (unpaired) electrons. The molecule has 0 saturated carbocycles. The molecule has 0 aliphatic heterocycles. The normalized spacial score (nSPS) is 8.50. The third-order valence-corrected chi connectivity index (χ3v) is 2.16. The number of carbonyl (C=O) groups is 4. The molecule has 0 saturated heterocycles. The van der Waals surface area contributed by atoms with Gasteiger partial charge in [0.05, 0.1) is 0 Å². The molecule has 0 aromatic carbocycles. The number of rotatable bonds is 6. The van der Waals surface area contributed by atoms with Crippen LogP contribution in [0.2, 0.25) is 0 Å². The van der Waals surface area contributed by atoms with Gasteiger partial charge < -0.3 is 59.1 Å². The van der Waals surface area contributed by atoms with Gasteiger partial charge in [0.25, 0.3) is 0 Å². The van der Waals surface area contributed by atoms with Crippen LogP contribution in [0, 0.1) is 0 Å². The number of nitrogens with zero attached hydrogens (tertiary/aromatic N) is 1. The first-order valence-electron chi connectivity index (χ1n) is 5.58. The molecule has 26 heavy (non-hydrogen) atoms. The summed E-state index contributed by atoms with van der Waals surface area (Å²) in [6, 6.07) is 4.76. The largest absolute Gasteiger partial charge is 2.00 e. The molecule has 0 fully saturated rings. The number of aliphatic hydroxyl groups is 1. The van der Waals surface area contributed by atoms with E-state index in [0.29, 0.717) is 0 Å². The number of halogens is 1. The fourth-order valence-corrected chi connectivity index (χ4v) is 1.18. The Morgan fingerprint density at radius 1 is 1.04 bits per heavy atom. The zero-order chi connectivity index (χ0) is 17.3. The monoisotopic (exact) mass is 567 g/mol. The number of aromatic carboxylic acids is 1. The van der Waals surface area contributed by atoms with Gasteiger partial charge in [0.2, 0.25) is 0 Å². The Balaban J connectivity index is -0.000000102. The molecule has 0 spiro atoms. The minimum atomic E-state index is -2.86. The van der Waals surface area contributed by atoms with Gasteiger partial charge >= 0.3 is 86.4 Å². The average molecular weight is 569 g/mol. The Hall–Kier alpha value is 0.746. The number of hydrogen-bond acceptors (Lipinski definition) is 8. The van der Waals surface area contributed by atoms with E-state index in [2.05, 4.69) is 4.98 Å². The van der Waals surface area contributed by atoms with Gasteiger partial charge in [0, 0.05) is 50.5 Å². The van der Waals surface area contributed by atoms with E-state index in [4.69, 9.17) is 15.3 Å². The first-order chi connectivity index (χ1) is 10.1. The molecule has 1 rings (SSSR count). The number of aromatic nitrogens is 1. The summed E-state index contributed by atoms with van der Waals surface area (Å²) >= 11 is 0. The summed E-state index contributed by atoms with van der Waals surface area (Å²) in [4.78, 5) is 43.9. The SMILES string of the molecule is O=C(O)c1ccccn1.O=C([O-])CC(O)(CC(=O)[O-])C(=O)O.[I-].[K+].[Mg+2].[Zn]. The van der Waals surface area contributed by atoms with Crippen molar-refractivity contribution in [2.24, 2.45) is 0 Å². The van der Waals surface area contributed by atoms with Crippen molar-refractivity contribution in [1.82, 2.24) is 4.98 Å². The summed E-state index contributed by atoms with van der Waals surface area (Å²) in [6.07, 6.45) is -1.14. The van der Waals surface area contributed by atoms with E-state index in [1.807, 2.05) is 0 Å². The van der Waals surface area contributed by atoms with Gasteiger partial charge in [-0.25, -0.2) is 14.6 Å². The van der Waals surface area contributed by atoms with Crippen LogP contribution in [0.5, 0.6) is 0 Å². The molecule has 1 aromatic heterocycles. The van der Waals surface area contributed by atoms with Crippen LogP contribution in [-0.4, -0.2) is 72.8 Å². The fourth-order valence-electron chi connectivity index (χ4n) is 1.18. The van der Waals surface area contributed by atoms with Gasteiger partial charge in [0.1, 0.15) is 5.69 Å². The Kier molecular flexibility index (Phi) is 27.5. The average Bonchev–Trinajstić information content (AvgIpc) is 2.38. The number of aliphatic carboxylic acids is 3. The summed E-state index contributed by atoms with van der Waals surface area (Å²) in [6.45, 7) is 0. The van der Waals surface area contributed by atoms with Crippen molar-refractivity contribution in [2.45, 2.75) is 18.4 Å². The van der Waals surface area contributed by atoms with Gasteiger partial charge in [-0.05, 0) is 12.1 Å². The third kappa shape index (κ3) is 16.9. The summed E-state index contributed by atoms with van der Waals surface area (Å²) in [5.74, 6) is -6.64. The van der Waals surface area contributed by atoms with E-state index in [-0.39, 0.29) is 124 Å². The molecule has 0 aliphatic rings. The smallest absolute Gasteiger partial charge is 1.00 e. The molecule has 14 heteroatoms. The second kappa shape index (κ2) is 19.1. The van der Waals surface area contributed by atoms with E-state index >= 15 is 0 Å². The zero-order valence-electron chi connectivity index (χ0n) is 13.8. The van der Waals surface area contributed by atoms with Crippen molar-refractivity contribution in [3.63, 3.8) is 0 Å². The quantitative estimate of drug-likeness (QED) is 0.220. The molecule has 130 valence electrons. The van der Waals surface area contributed by atoms with Crippen molar-refractivity contribution < 1.29 is 140 Å². The van der Waals surface area contributed by atoms with E-state index < -0.39 is 42.3 Å². The van der Waals surface area contributed by atoms with E-state index in [1.165, 1.54) is 12.3 Å². The maximum atomic E-state index is 10.3.